The highest BCUT2D eigenvalue weighted by atomic mass is 32.2. The molecule has 0 saturated heterocycles. The Morgan fingerprint density at radius 3 is 2.50 bits per heavy atom. The van der Waals surface area contributed by atoms with E-state index in [2.05, 4.69) is 6.92 Å². The van der Waals surface area contributed by atoms with E-state index in [1.165, 1.54) is 9.80 Å². The standard InChI is InChI=1S/C12H15NO2S/c1-3-16-11-6-4-10(5-7-11)8-13(2)12(15)9-14/h4-7,9H,3,8H2,1-2H3. The van der Waals surface area contributed by atoms with Crippen molar-refractivity contribution in [3.63, 3.8) is 0 Å². The lowest BCUT2D eigenvalue weighted by Gasteiger charge is -2.13. The predicted octanol–water partition coefficient (Wildman–Crippen LogP) is 1.96. The van der Waals surface area contributed by atoms with E-state index >= 15 is 0 Å². The van der Waals surface area contributed by atoms with Crippen LogP contribution in [0.1, 0.15) is 12.5 Å². The van der Waals surface area contributed by atoms with Gasteiger partial charge in [-0.05, 0) is 23.4 Å². The Balaban J connectivity index is 2.61. The van der Waals surface area contributed by atoms with E-state index in [9.17, 15) is 9.59 Å². The first-order valence-corrected chi connectivity index (χ1v) is 6.08. The van der Waals surface area contributed by atoms with Crippen LogP contribution in [0.15, 0.2) is 29.2 Å². The van der Waals surface area contributed by atoms with Crippen molar-refractivity contribution in [2.75, 3.05) is 12.8 Å². The molecule has 0 heterocycles. The first kappa shape index (κ1) is 12.8. The quantitative estimate of drug-likeness (QED) is 0.446. The first-order valence-electron chi connectivity index (χ1n) is 5.09. The molecule has 1 aromatic carbocycles. The molecule has 0 aliphatic carbocycles. The molecular formula is C12H15NO2S. The van der Waals surface area contributed by atoms with E-state index in [-0.39, 0.29) is 0 Å². The number of carbonyl (C=O) groups is 2. The Kier molecular flexibility index (Phi) is 5.05. The van der Waals surface area contributed by atoms with Crippen LogP contribution in [0.2, 0.25) is 0 Å². The van der Waals surface area contributed by atoms with E-state index in [4.69, 9.17) is 0 Å². The monoisotopic (exact) mass is 237 g/mol. The van der Waals surface area contributed by atoms with Crippen LogP contribution in [0, 0.1) is 0 Å². The largest absolute Gasteiger partial charge is 0.335 e. The van der Waals surface area contributed by atoms with Crippen molar-refractivity contribution in [3.05, 3.63) is 29.8 Å². The predicted molar refractivity (Wildman–Crippen MR) is 65.4 cm³/mol. The van der Waals surface area contributed by atoms with Gasteiger partial charge in [-0.2, -0.15) is 0 Å². The maximum absolute atomic E-state index is 11.0. The molecule has 0 radical (unpaired) electrons. The van der Waals surface area contributed by atoms with Crippen molar-refractivity contribution in [2.24, 2.45) is 0 Å². The van der Waals surface area contributed by atoms with Crippen molar-refractivity contribution in [1.29, 1.82) is 0 Å². The summed E-state index contributed by atoms with van der Waals surface area (Å²) in [5, 5.41) is 0. The molecule has 0 aliphatic heterocycles. The van der Waals surface area contributed by atoms with E-state index in [1.54, 1.807) is 18.8 Å². The summed E-state index contributed by atoms with van der Waals surface area (Å²) in [5.74, 6) is 0.551. The molecule has 0 aliphatic rings. The number of thioether (sulfide) groups is 1. The Labute approximate surface area is 99.8 Å². The fourth-order valence-corrected chi connectivity index (χ4v) is 1.96. The van der Waals surface area contributed by atoms with Crippen molar-refractivity contribution < 1.29 is 9.59 Å². The lowest BCUT2D eigenvalue weighted by Crippen LogP contribution is -2.26. The highest BCUT2D eigenvalue weighted by Crippen LogP contribution is 2.18. The minimum atomic E-state index is -0.494. The molecule has 1 amide bonds. The summed E-state index contributed by atoms with van der Waals surface area (Å²) in [6.45, 7) is 2.57. The average molecular weight is 237 g/mol. The van der Waals surface area contributed by atoms with Crippen molar-refractivity contribution in [2.45, 2.75) is 18.4 Å². The number of nitrogens with zero attached hydrogens (tertiary/aromatic N) is 1. The van der Waals surface area contributed by atoms with Gasteiger partial charge in [-0.25, -0.2) is 0 Å². The van der Waals surface area contributed by atoms with Crippen LogP contribution in [-0.4, -0.2) is 29.9 Å². The number of aldehydes is 1. The van der Waals surface area contributed by atoms with E-state index in [1.807, 2.05) is 24.3 Å². The summed E-state index contributed by atoms with van der Waals surface area (Å²) in [4.78, 5) is 23.9. The summed E-state index contributed by atoms with van der Waals surface area (Å²) >= 11 is 1.78. The van der Waals surface area contributed by atoms with Gasteiger partial charge in [0.2, 0.25) is 6.29 Å². The molecule has 16 heavy (non-hydrogen) atoms. The zero-order valence-corrected chi connectivity index (χ0v) is 10.3. The Morgan fingerprint density at radius 1 is 1.38 bits per heavy atom. The van der Waals surface area contributed by atoms with Crippen LogP contribution in [0.5, 0.6) is 0 Å². The van der Waals surface area contributed by atoms with Crippen LogP contribution in [0.3, 0.4) is 0 Å². The lowest BCUT2D eigenvalue weighted by molar-refractivity contribution is -0.138. The second kappa shape index (κ2) is 6.33. The van der Waals surface area contributed by atoms with Gasteiger partial charge in [-0.1, -0.05) is 19.1 Å². The van der Waals surface area contributed by atoms with Gasteiger partial charge in [-0.3, -0.25) is 9.59 Å². The molecule has 0 fully saturated rings. The third-order valence-electron chi connectivity index (χ3n) is 2.13. The Morgan fingerprint density at radius 2 is 2.00 bits per heavy atom. The lowest BCUT2D eigenvalue weighted by atomic mass is 10.2. The maximum Gasteiger partial charge on any atom is 0.286 e. The van der Waals surface area contributed by atoms with Gasteiger partial charge in [0.25, 0.3) is 5.91 Å². The van der Waals surface area contributed by atoms with Crippen LogP contribution in [0.4, 0.5) is 0 Å². The smallest absolute Gasteiger partial charge is 0.286 e. The minimum absolute atomic E-state index is 0.335. The molecule has 1 rings (SSSR count). The minimum Gasteiger partial charge on any atom is -0.335 e. The molecule has 0 unspecified atom stereocenters. The number of rotatable bonds is 5. The fourth-order valence-electron chi connectivity index (χ4n) is 1.30. The van der Waals surface area contributed by atoms with Gasteiger partial charge < -0.3 is 4.90 Å². The third-order valence-corrected chi connectivity index (χ3v) is 3.03. The molecule has 0 atom stereocenters. The highest BCUT2D eigenvalue weighted by Gasteiger charge is 2.06. The number of benzene rings is 1. The van der Waals surface area contributed by atoms with E-state index in [0.717, 1.165) is 11.3 Å². The molecule has 0 bridgehead atoms. The summed E-state index contributed by atoms with van der Waals surface area (Å²) in [6.07, 6.45) is 0.335. The third kappa shape index (κ3) is 3.70. The zero-order valence-electron chi connectivity index (χ0n) is 9.47. The van der Waals surface area contributed by atoms with Crippen LogP contribution < -0.4 is 0 Å². The van der Waals surface area contributed by atoms with Gasteiger partial charge in [-0.15, -0.1) is 11.8 Å². The number of likely N-dealkylation sites (N-methyl/N-ethyl adjacent to an activating group) is 1. The van der Waals surface area contributed by atoms with Crippen LogP contribution in [0.25, 0.3) is 0 Å². The average Bonchev–Trinajstić information content (AvgIpc) is 2.31. The van der Waals surface area contributed by atoms with Crippen molar-refractivity contribution in [3.8, 4) is 0 Å². The summed E-state index contributed by atoms with van der Waals surface area (Å²) < 4.78 is 0. The highest BCUT2D eigenvalue weighted by molar-refractivity contribution is 7.99. The summed E-state index contributed by atoms with van der Waals surface area (Å²) in [6, 6.07) is 8.02. The van der Waals surface area contributed by atoms with Gasteiger partial charge >= 0.3 is 0 Å². The van der Waals surface area contributed by atoms with Gasteiger partial charge in [0, 0.05) is 18.5 Å². The molecule has 86 valence electrons. The number of amides is 1. The summed E-state index contributed by atoms with van der Waals surface area (Å²) in [7, 11) is 1.62. The molecule has 0 N–H and O–H groups in total. The zero-order chi connectivity index (χ0) is 12.0. The molecule has 0 saturated carbocycles. The molecule has 4 heteroatoms. The maximum atomic E-state index is 11.0. The first-order chi connectivity index (χ1) is 7.67. The number of carbonyl (C=O) groups excluding carboxylic acids is 2. The van der Waals surface area contributed by atoms with Gasteiger partial charge in [0.15, 0.2) is 0 Å². The van der Waals surface area contributed by atoms with Crippen LogP contribution >= 0.6 is 11.8 Å². The topological polar surface area (TPSA) is 37.4 Å². The molecule has 3 nitrogen and oxygen atoms in total. The fraction of sp³-hybridized carbons (Fsp3) is 0.333. The Bertz CT molecular complexity index is 362. The van der Waals surface area contributed by atoms with Crippen molar-refractivity contribution >= 4 is 24.0 Å². The molecule has 0 spiro atoms. The van der Waals surface area contributed by atoms with Gasteiger partial charge in [0.1, 0.15) is 0 Å². The van der Waals surface area contributed by atoms with E-state index in [0.29, 0.717) is 12.8 Å². The normalized spacial score (nSPS) is 9.88. The molecule has 1 aromatic rings. The second-order valence-electron chi connectivity index (χ2n) is 3.39. The number of hydrogen-bond acceptors (Lipinski definition) is 3. The van der Waals surface area contributed by atoms with E-state index < -0.39 is 5.91 Å². The molecular weight excluding hydrogens is 222 g/mol. The Hall–Kier alpha value is -1.29. The van der Waals surface area contributed by atoms with Gasteiger partial charge in [0.05, 0.1) is 0 Å². The van der Waals surface area contributed by atoms with Crippen LogP contribution in [-0.2, 0) is 16.1 Å². The molecule has 0 aromatic heterocycles. The SMILES string of the molecule is CCSc1ccc(CN(C)C(=O)C=O)cc1. The second-order valence-corrected chi connectivity index (χ2v) is 4.73. The summed E-state index contributed by atoms with van der Waals surface area (Å²) in [5.41, 5.74) is 1.03. The number of hydrogen-bond donors (Lipinski definition) is 0. The van der Waals surface area contributed by atoms with Crippen molar-refractivity contribution in [1.82, 2.24) is 4.90 Å².